The minimum absolute atomic E-state index is 0.565. The van der Waals surface area contributed by atoms with E-state index in [2.05, 4.69) is 36.7 Å². The summed E-state index contributed by atoms with van der Waals surface area (Å²) in [6, 6.07) is 2.68. The van der Waals surface area contributed by atoms with Crippen LogP contribution in [0.5, 0.6) is 0 Å². The molecule has 1 aromatic rings. The van der Waals surface area contributed by atoms with Crippen molar-refractivity contribution in [3.05, 3.63) is 24.0 Å². The molecular formula is C14H23N3. The molecule has 2 heterocycles. The molecule has 2 N–H and O–H groups in total. The summed E-state index contributed by atoms with van der Waals surface area (Å²) in [5.74, 6) is 1.48. The van der Waals surface area contributed by atoms with E-state index in [-0.39, 0.29) is 0 Å². The zero-order valence-electron chi connectivity index (χ0n) is 11.1. The van der Waals surface area contributed by atoms with E-state index in [9.17, 15) is 0 Å². The van der Waals surface area contributed by atoms with Gasteiger partial charge in [-0.05, 0) is 31.2 Å². The fraction of sp³-hybridized carbons (Fsp3) is 0.643. The van der Waals surface area contributed by atoms with Gasteiger partial charge in [0.25, 0.3) is 0 Å². The number of piperidine rings is 1. The SMILES string of the molecule is CC1CC(C)C(C)N(c2ccncc2CN)C1. The van der Waals surface area contributed by atoms with Gasteiger partial charge in [-0.15, -0.1) is 0 Å². The summed E-state index contributed by atoms with van der Waals surface area (Å²) in [4.78, 5) is 6.67. The minimum atomic E-state index is 0.565. The molecule has 3 heteroatoms. The average molecular weight is 233 g/mol. The summed E-state index contributed by atoms with van der Waals surface area (Å²) in [7, 11) is 0. The number of nitrogens with zero attached hydrogens (tertiary/aromatic N) is 2. The van der Waals surface area contributed by atoms with E-state index in [0.29, 0.717) is 12.6 Å². The van der Waals surface area contributed by atoms with Gasteiger partial charge < -0.3 is 10.6 Å². The molecular weight excluding hydrogens is 210 g/mol. The Labute approximate surface area is 104 Å². The first-order valence-corrected chi connectivity index (χ1v) is 6.53. The smallest absolute Gasteiger partial charge is 0.0445 e. The lowest BCUT2D eigenvalue weighted by Gasteiger charge is -2.43. The molecule has 1 aromatic heterocycles. The van der Waals surface area contributed by atoms with Crippen LogP contribution in [0.3, 0.4) is 0 Å². The average Bonchev–Trinajstić information content (AvgIpc) is 2.33. The van der Waals surface area contributed by atoms with Crippen molar-refractivity contribution in [3.8, 4) is 0 Å². The minimum Gasteiger partial charge on any atom is -0.368 e. The van der Waals surface area contributed by atoms with Crippen molar-refractivity contribution in [1.29, 1.82) is 0 Å². The van der Waals surface area contributed by atoms with Crippen LogP contribution in [0, 0.1) is 11.8 Å². The molecule has 17 heavy (non-hydrogen) atoms. The van der Waals surface area contributed by atoms with Gasteiger partial charge in [0.15, 0.2) is 0 Å². The molecule has 2 rings (SSSR count). The van der Waals surface area contributed by atoms with Crippen molar-refractivity contribution in [2.45, 2.75) is 39.8 Å². The van der Waals surface area contributed by atoms with Crippen LogP contribution in [0.25, 0.3) is 0 Å². The molecule has 0 spiro atoms. The van der Waals surface area contributed by atoms with Gasteiger partial charge in [-0.25, -0.2) is 0 Å². The molecule has 0 bridgehead atoms. The first-order chi connectivity index (χ1) is 8.13. The van der Waals surface area contributed by atoms with Crippen molar-refractivity contribution in [2.24, 2.45) is 17.6 Å². The number of hydrogen-bond donors (Lipinski definition) is 1. The quantitative estimate of drug-likeness (QED) is 0.853. The third-order valence-corrected chi connectivity index (χ3v) is 4.00. The first-order valence-electron chi connectivity index (χ1n) is 6.53. The lowest BCUT2D eigenvalue weighted by atomic mass is 9.85. The maximum Gasteiger partial charge on any atom is 0.0445 e. The summed E-state index contributed by atoms with van der Waals surface area (Å²) in [6.07, 6.45) is 5.08. The number of nitrogens with two attached hydrogens (primary N) is 1. The molecule has 0 radical (unpaired) electrons. The molecule has 3 nitrogen and oxygen atoms in total. The molecule has 0 aliphatic carbocycles. The van der Waals surface area contributed by atoms with Crippen molar-refractivity contribution < 1.29 is 0 Å². The maximum absolute atomic E-state index is 5.81. The molecule has 1 aliphatic rings. The van der Waals surface area contributed by atoms with Crippen LogP contribution < -0.4 is 10.6 Å². The van der Waals surface area contributed by atoms with Gasteiger partial charge in [0.2, 0.25) is 0 Å². The van der Waals surface area contributed by atoms with E-state index < -0.39 is 0 Å². The fourth-order valence-corrected chi connectivity index (χ4v) is 2.89. The Morgan fingerprint density at radius 1 is 1.41 bits per heavy atom. The lowest BCUT2D eigenvalue weighted by molar-refractivity contribution is 0.296. The predicted octanol–water partition coefficient (Wildman–Crippen LogP) is 2.41. The Bertz CT molecular complexity index is 377. The number of aromatic nitrogens is 1. The Balaban J connectivity index is 2.31. The molecule has 3 unspecified atom stereocenters. The van der Waals surface area contributed by atoms with Gasteiger partial charge in [0.1, 0.15) is 0 Å². The Kier molecular flexibility index (Phi) is 3.67. The van der Waals surface area contributed by atoms with Crippen molar-refractivity contribution in [3.63, 3.8) is 0 Å². The van der Waals surface area contributed by atoms with Gasteiger partial charge in [0.05, 0.1) is 0 Å². The normalized spacial score (nSPS) is 29.4. The second-order valence-electron chi connectivity index (χ2n) is 5.42. The third-order valence-electron chi connectivity index (χ3n) is 4.00. The van der Waals surface area contributed by atoms with Crippen LogP contribution in [0.1, 0.15) is 32.8 Å². The van der Waals surface area contributed by atoms with E-state index in [0.717, 1.165) is 23.9 Å². The topological polar surface area (TPSA) is 42.2 Å². The zero-order chi connectivity index (χ0) is 12.4. The molecule has 3 atom stereocenters. The highest BCUT2D eigenvalue weighted by molar-refractivity contribution is 5.53. The molecule has 94 valence electrons. The summed E-state index contributed by atoms with van der Waals surface area (Å²) >= 11 is 0. The Morgan fingerprint density at radius 3 is 2.88 bits per heavy atom. The third kappa shape index (κ3) is 2.44. The van der Waals surface area contributed by atoms with E-state index in [1.165, 1.54) is 12.1 Å². The highest BCUT2D eigenvalue weighted by Gasteiger charge is 2.29. The van der Waals surface area contributed by atoms with Gasteiger partial charge in [-0.1, -0.05) is 13.8 Å². The van der Waals surface area contributed by atoms with E-state index in [1.807, 2.05) is 12.4 Å². The zero-order valence-corrected chi connectivity index (χ0v) is 11.1. The molecule has 0 aromatic carbocycles. The van der Waals surface area contributed by atoms with Crippen molar-refractivity contribution >= 4 is 5.69 Å². The number of anilines is 1. The number of hydrogen-bond acceptors (Lipinski definition) is 3. The van der Waals surface area contributed by atoms with Crippen LogP contribution >= 0.6 is 0 Å². The summed E-state index contributed by atoms with van der Waals surface area (Å²) in [6.45, 7) is 8.68. The Morgan fingerprint density at radius 2 is 2.18 bits per heavy atom. The standard InChI is InChI=1S/C14H23N3/c1-10-6-11(2)12(3)17(9-10)14-4-5-16-8-13(14)7-15/h4-5,8,10-12H,6-7,9,15H2,1-3H3. The van der Waals surface area contributed by atoms with E-state index >= 15 is 0 Å². The van der Waals surface area contributed by atoms with Gasteiger partial charge in [0, 0.05) is 42.8 Å². The molecule has 1 aliphatic heterocycles. The van der Waals surface area contributed by atoms with Gasteiger partial charge in [-0.3, -0.25) is 4.98 Å². The number of rotatable bonds is 2. The van der Waals surface area contributed by atoms with Crippen LogP contribution in [0.15, 0.2) is 18.5 Å². The van der Waals surface area contributed by atoms with Crippen molar-refractivity contribution in [1.82, 2.24) is 4.98 Å². The second kappa shape index (κ2) is 5.05. The summed E-state index contributed by atoms with van der Waals surface area (Å²) in [5.41, 5.74) is 8.23. The summed E-state index contributed by atoms with van der Waals surface area (Å²) in [5, 5.41) is 0. The maximum atomic E-state index is 5.81. The van der Waals surface area contributed by atoms with Gasteiger partial charge in [-0.2, -0.15) is 0 Å². The van der Waals surface area contributed by atoms with Crippen LogP contribution in [-0.2, 0) is 6.54 Å². The van der Waals surface area contributed by atoms with E-state index in [1.54, 1.807) is 0 Å². The molecule has 1 fully saturated rings. The molecule has 0 saturated carbocycles. The lowest BCUT2D eigenvalue weighted by Crippen LogP contribution is -2.46. The summed E-state index contributed by atoms with van der Waals surface area (Å²) < 4.78 is 0. The highest BCUT2D eigenvalue weighted by Crippen LogP contribution is 2.32. The monoisotopic (exact) mass is 233 g/mol. The Hall–Kier alpha value is -1.09. The van der Waals surface area contributed by atoms with Crippen molar-refractivity contribution in [2.75, 3.05) is 11.4 Å². The highest BCUT2D eigenvalue weighted by atomic mass is 15.2. The van der Waals surface area contributed by atoms with Crippen LogP contribution in [0.4, 0.5) is 5.69 Å². The van der Waals surface area contributed by atoms with Crippen LogP contribution in [0.2, 0.25) is 0 Å². The van der Waals surface area contributed by atoms with Gasteiger partial charge >= 0.3 is 0 Å². The molecule has 0 amide bonds. The van der Waals surface area contributed by atoms with Crippen LogP contribution in [-0.4, -0.2) is 17.6 Å². The predicted molar refractivity (Wildman–Crippen MR) is 71.9 cm³/mol. The second-order valence-corrected chi connectivity index (χ2v) is 5.42. The first kappa shape index (κ1) is 12.4. The fourth-order valence-electron chi connectivity index (χ4n) is 2.89. The molecule has 1 saturated heterocycles. The number of pyridine rings is 1. The largest absolute Gasteiger partial charge is 0.368 e. The van der Waals surface area contributed by atoms with E-state index in [4.69, 9.17) is 5.73 Å².